The Morgan fingerprint density at radius 3 is 1.51 bits per heavy atom. The molecule has 0 saturated carbocycles. The topological polar surface area (TPSA) is 20.2 Å². The molecule has 0 aliphatic rings. The third kappa shape index (κ3) is 22.8. The maximum absolute atomic E-state index is 11.4. The number of para-hydroxylation sites is 1. The highest BCUT2D eigenvalue weighted by Gasteiger charge is 2.20. The second-order valence-corrected chi connectivity index (χ2v) is 16.1. The van der Waals surface area contributed by atoms with E-state index < -0.39 is 0 Å². The number of unbranched alkanes of at least 4 members (excludes halogenated alkanes) is 18. The number of rotatable bonds is 32. The van der Waals surface area contributed by atoms with Crippen LogP contribution in [0.2, 0.25) is 0 Å². The van der Waals surface area contributed by atoms with Crippen LogP contribution in [-0.2, 0) is 12.8 Å². The van der Waals surface area contributed by atoms with Crippen LogP contribution < -0.4 is 0 Å². The lowest BCUT2D eigenvalue weighted by Crippen LogP contribution is -2.17. The van der Waals surface area contributed by atoms with Gasteiger partial charge in [0.05, 0.1) is 0 Å². The molecule has 1 aromatic carbocycles. The molecule has 43 heavy (non-hydrogen) atoms. The van der Waals surface area contributed by atoms with Crippen molar-refractivity contribution in [3.8, 4) is 5.75 Å². The molecule has 0 aliphatic heterocycles. The van der Waals surface area contributed by atoms with Gasteiger partial charge < -0.3 is 5.11 Å². The summed E-state index contributed by atoms with van der Waals surface area (Å²) in [5, 5.41) is 12.7. The van der Waals surface area contributed by atoms with E-state index in [0.29, 0.717) is 11.0 Å². The van der Waals surface area contributed by atoms with Crippen LogP contribution in [-0.4, -0.2) is 27.1 Å². The number of aryl methyl sites for hydroxylation is 1. The average Bonchev–Trinajstić information content (AvgIpc) is 3.01. The Morgan fingerprint density at radius 2 is 0.953 bits per heavy atom. The minimum absolute atomic E-state index is 0.610. The van der Waals surface area contributed by atoms with Gasteiger partial charge in [-0.15, -0.1) is 0 Å². The van der Waals surface area contributed by atoms with Crippen LogP contribution in [0.1, 0.15) is 193 Å². The van der Waals surface area contributed by atoms with Crippen molar-refractivity contribution in [1.29, 1.82) is 0 Å². The number of phenols is 1. The average molecular weight is 635 g/mol. The van der Waals surface area contributed by atoms with Crippen molar-refractivity contribution >= 4 is 23.5 Å². The van der Waals surface area contributed by atoms with E-state index in [-0.39, 0.29) is 0 Å². The summed E-state index contributed by atoms with van der Waals surface area (Å²) in [5.41, 5.74) is 2.39. The molecule has 252 valence electrons. The highest BCUT2D eigenvalue weighted by molar-refractivity contribution is 8.00. The Hall–Kier alpha value is -0.280. The van der Waals surface area contributed by atoms with Gasteiger partial charge in [0.2, 0.25) is 0 Å². The van der Waals surface area contributed by atoms with E-state index in [4.69, 9.17) is 0 Å². The van der Waals surface area contributed by atoms with Crippen LogP contribution in [0.3, 0.4) is 0 Å². The largest absolute Gasteiger partial charge is 0.507 e. The molecular formula is C40H74OS2. The summed E-state index contributed by atoms with van der Waals surface area (Å²) >= 11 is 4.50. The van der Waals surface area contributed by atoms with E-state index in [2.05, 4.69) is 69.4 Å². The van der Waals surface area contributed by atoms with Crippen molar-refractivity contribution in [1.82, 2.24) is 0 Å². The minimum Gasteiger partial charge on any atom is -0.507 e. The maximum Gasteiger partial charge on any atom is 0.121 e. The highest BCUT2D eigenvalue weighted by atomic mass is 32.2. The fourth-order valence-corrected chi connectivity index (χ4v) is 9.09. The first-order valence-corrected chi connectivity index (χ1v) is 21.3. The predicted molar refractivity (Wildman–Crippen MR) is 202 cm³/mol. The molecule has 0 bridgehead atoms. The van der Waals surface area contributed by atoms with Crippen LogP contribution in [0.25, 0.3) is 0 Å². The van der Waals surface area contributed by atoms with Crippen molar-refractivity contribution in [2.45, 2.75) is 205 Å². The van der Waals surface area contributed by atoms with E-state index in [1.807, 2.05) is 0 Å². The lowest BCUT2D eigenvalue weighted by atomic mass is 9.98. The summed E-state index contributed by atoms with van der Waals surface area (Å²) < 4.78 is 0. The first-order valence-electron chi connectivity index (χ1n) is 19.2. The zero-order valence-corrected chi connectivity index (χ0v) is 31.1. The summed E-state index contributed by atoms with van der Waals surface area (Å²) in [6, 6.07) is 6.61. The summed E-state index contributed by atoms with van der Waals surface area (Å²) in [6.45, 7) is 9.24. The summed E-state index contributed by atoms with van der Waals surface area (Å²) in [4.78, 5) is 0. The molecule has 0 fully saturated rings. The van der Waals surface area contributed by atoms with E-state index in [1.165, 1.54) is 177 Å². The molecule has 0 heterocycles. The molecule has 2 atom stereocenters. The zero-order valence-electron chi connectivity index (χ0n) is 29.4. The summed E-state index contributed by atoms with van der Waals surface area (Å²) in [5.74, 6) is 3.22. The Balaban J connectivity index is 2.77. The highest BCUT2D eigenvalue weighted by Crippen LogP contribution is 2.34. The number of phenolic OH excluding ortho intramolecular Hbond substituents is 1. The Labute approximate surface area is 279 Å². The van der Waals surface area contributed by atoms with Gasteiger partial charge in [0.1, 0.15) is 5.75 Å². The van der Waals surface area contributed by atoms with E-state index in [0.717, 1.165) is 18.1 Å². The van der Waals surface area contributed by atoms with Crippen molar-refractivity contribution in [2.24, 2.45) is 0 Å². The predicted octanol–water partition coefficient (Wildman–Crippen LogP) is 14.1. The van der Waals surface area contributed by atoms with Crippen molar-refractivity contribution in [2.75, 3.05) is 11.5 Å². The van der Waals surface area contributed by atoms with Crippen LogP contribution in [0.15, 0.2) is 18.2 Å². The normalized spacial score (nSPS) is 13.0. The fourth-order valence-electron chi connectivity index (χ4n) is 6.19. The molecule has 0 spiro atoms. The second kappa shape index (κ2) is 30.4. The van der Waals surface area contributed by atoms with Gasteiger partial charge in [0, 0.05) is 10.5 Å². The SMILES string of the molecule is CCCCCCCCCc1cccc(CC(CC(CCCCC)SCCCCCCCC)SCCCCCCCC)c1O. The van der Waals surface area contributed by atoms with Gasteiger partial charge in [-0.25, -0.2) is 0 Å². The third-order valence-corrected chi connectivity index (χ3v) is 11.8. The number of hydrogen-bond acceptors (Lipinski definition) is 3. The van der Waals surface area contributed by atoms with Crippen LogP contribution in [0.5, 0.6) is 5.75 Å². The molecule has 3 heteroatoms. The molecule has 0 saturated heterocycles. The Kier molecular flexibility index (Phi) is 28.8. The smallest absolute Gasteiger partial charge is 0.121 e. The van der Waals surface area contributed by atoms with E-state index in [1.54, 1.807) is 0 Å². The molecule has 1 nitrogen and oxygen atoms in total. The summed E-state index contributed by atoms with van der Waals surface area (Å²) in [7, 11) is 0. The quantitative estimate of drug-likeness (QED) is 0.0796. The van der Waals surface area contributed by atoms with Crippen LogP contribution in [0.4, 0.5) is 0 Å². The van der Waals surface area contributed by atoms with Crippen LogP contribution >= 0.6 is 23.5 Å². The number of hydrogen-bond donors (Lipinski definition) is 1. The van der Waals surface area contributed by atoms with E-state index in [9.17, 15) is 5.11 Å². The standard InChI is InChI=1S/C40H74OS2/c1-5-9-13-16-19-20-24-28-36-29-27-30-37(40(36)41)34-39(43-33-26-22-18-15-11-7-3)35-38(31-23-12-8-4)42-32-25-21-17-14-10-6-2/h27,29-30,38-39,41H,5-26,28,31-35H2,1-4H3. The fraction of sp³-hybridized carbons (Fsp3) is 0.850. The molecule has 0 radical (unpaired) electrons. The number of benzene rings is 1. The molecule has 1 rings (SSSR count). The molecule has 1 aromatic rings. The Morgan fingerprint density at radius 1 is 0.512 bits per heavy atom. The lowest BCUT2D eigenvalue weighted by Gasteiger charge is -2.24. The maximum atomic E-state index is 11.4. The van der Waals surface area contributed by atoms with Crippen molar-refractivity contribution in [3.05, 3.63) is 29.3 Å². The molecule has 0 amide bonds. The molecular weight excluding hydrogens is 561 g/mol. The van der Waals surface area contributed by atoms with Crippen molar-refractivity contribution in [3.63, 3.8) is 0 Å². The van der Waals surface area contributed by atoms with Crippen molar-refractivity contribution < 1.29 is 5.11 Å². The first kappa shape index (κ1) is 40.7. The lowest BCUT2D eigenvalue weighted by molar-refractivity contribution is 0.457. The molecule has 0 aromatic heterocycles. The van der Waals surface area contributed by atoms with Gasteiger partial charge in [-0.1, -0.05) is 168 Å². The Bertz CT molecular complexity index is 720. The van der Waals surface area contributed by atoms with Gasteiger partial charge in [0.25, 0.3) is 0 Å². The molecule has 0 aliphatic carbocycles. The monoisotopic (exact) mass is 635 g/mol. The third-order valence-electron chi connectivity index (χ3n) is 9.06. The van der Waals surface area contributed by atoms with Gasteiger partial charge in [-0.3, -0.25) is 0 Å². The number of thioether (sulfide) groups is 2. The van der Waals surface area contributed by atoms with Gasteiger partial charge >= 0.3 is 0 Å². The van der Waals surface area contributed by atoms with E-state index >= 15 is 0 Å². The van der Waals surface area contributed by atoms with Gasteiger partial charge in [-0.2, -0.15) is 23.5 Å². The van der Waals surface area contributed by atoms with Crippen LogP contribution in [0, 0.1) is 0 Å². The molecule has 1 N–H and O–H groups in total. The first-order chi connectivity index (χ1) is 21.2. The number of aromatic hydroxyl groups is 1. The van der Waals surface area contributed by atoms with Gasteiger partial charge in [0.15, 0.2) is 0 Å². The van der Waals surface area contributed by atoms with Gasteiger partial charge in [-0.05, 0) is 67.6 Å². The molecule has 2 unspecified atom stereocenters. The minimum atomic E-state index is 0.610. The second-order valence-electron chi connectivity index (χ2n) is 13.3. The zero-order chi connectivity index (χ0) is 31.2. The summed E-state index contributed by atoms with van der Waals surface area (Å²) in [6.07, 6.45) is 34.6.